The molecule has 1 rings (SSSR count). The van der Waals surface area contributed by atoms with E-state index < -0.39 is 0 Å². The third-order valence-corrected chi connectivity index (χ3v) is 1.68. The number of halogens is 1. The van der Waals surface area contributed by atoms with Crippen molar-refractivity contribution < 1.29 is 0 Å². The lowest BCUT2D eigenvalue weighted by Gasteiger charge is -2.01. The summed E-state index contributed by atoms with van der Waals surface area (Å²) in [6, 6.07) is 7.75. The molecule has 0 atom stereocenters. The molecule has 0 bridgehead atoms. The van der Waals surface area contributed by atoms with Crippen molar-refractivity contribution in [2.75, 3.05) is 0 Å². The van der Waals surface area contributed by atoms with Gasteiger partial charge in [0, 0.05) is 5.03 Å². The molecule has 0 aliphatic rings. The molecule has 0 amide bonds. The molecule has 0 aliphatic heterocycles. The topological polar surface area (TPSA) is 0 Å². The fourth-order valence-corrected chi connectivity index (χ4v) is 1.09. The Bertz CT molecular complexity index is 287. The highest BCUT2D eigenvalue weighted by molar-refractivity contribution is 6.48. The van der Waals surface area contributed by atoms with E-state index in [1.165, 1.54) is 0 Å². The Morgan fingerprint density at radius 2 is 2.00 bits per heavy atom. The molecule has 0 heterocycles. The standard InChI is InChI=1S/C10H9Cl/c1-3-9-6-4-5-7-10(9)8(2)11/h3-7H,1-2H2. The van der Waals surface area contributed by atoms with E-state index in [2.05, 4.69) is 13.2 Å². The van der Waals surface area contributed by atoms with Crippen molar-refractivity contribution in [2.45, 2.75) is 0 Å². The maximum absolute atomic E-state index is 5.74. The van der Waals surface area contributed by atoms with E-state index in [9.17, 15) is 0 Å². The molecule has 1 heteroatoms. The van der Waals surface area contributed by atoms with Crippen LogP contribution in [0.5, 0.6) is 0 Å². The van der Waals surface area contributed by atoms with Crippen LogP contribution in [0.2, 0.25) is 0 Å². The van der Waals surface area contributed by atoms with Gasteiger partial charge in [0.15, 0.2) is 0 Å². The zero-order chi connectivity index (χ0) is 8.27. The Balaban J connectivity index is 3.22. The highest BCUT2D eigenvalue weighted by Gasteiger charge is 1.98. The Morgan fingerprint density at radius 3 is 2.45 bits per heavy atom. The molecule has 0 aromatic heterocycles. The molecule has 0 fully saturated rings. The van der Waals surface area contributed by atoms with Crippen LogP contribution in [0.4, 0.5) is 0 Å². The molecular formula is C10H9Cl. The summed E-state index contributed by atoms with van der Waals surface area (Å²) in [6.07, 6.45) is 1.77. The molecule has 56 valence electrons. The van der Waals surface area contributed by atoms with Gasteiger partial charge in [0.2, 0.25) is 0 Å². The average molecular weight is 165 g/mol. The van der Waals surface area contributed by atoms with Crippen molar-refractivity contribution >= 4 is 22.7 Å². The highest BCUT2D eigenvalue weighted by Crippen LogP contribution is 2.21. The predicted molar refractivity (Wildman–Crippen MR) is 51.4 cm³/mol. The maximum atomic E-state index is 5.74. The molecule has 0 saturated heterocycles. The predicted octanol–water partition coefficient (Wildman–Crippen LogP) is 3.54. The minimum absolute atomic E-state index is 0.556. The van der Waals surface area contributed by atoms with Crippen LogP contribution in [-0.2, 0) is 0 Å². The van der Waals surface area contributed by atoms with E-state index >= 15 is 0 Å². The highest BCUT2D eigenvalue weighted by atomic mass is 35.5. The Labute approximate surface area is 71.8 Å². The molecule has 0 aliphatic carbocycles. The molecule has 1 aromatic rings. The SMILES string of the molecule is C=Cc1ccccc1C(=C)Cl. The van der Waals surface area contributed by atoms with Crippen LogP contribution in [0.25, 0.3) is 11.1 Å². The zero-order valence-corrected chi connectivity index (χ0v) is 6.93. The van der Waals surface area contributed by atoms with E-state index in [1.807, 2.05) is 24.3 Å². The van der Waals surface area contributed by atoms with Crippen molar-refractivity contribution in [1.82, 2.24) is 0 Å². The lowest BCUT2D eigenvalue weighted by atomic mass is 10.1. The maximum Gasteiger partial charge on any atom is 0.0412 e. The summed E-state index contributed by atoms with van der Waals surface area (Å²) in [5.41, 5.74) is 1.97. The molecule has 0 N–H and O–H groups in total. The zero-order valence-electron chi connectivity index (χ0n) is 6.18. The van der Waals surface area contributed by atoms with Gasteiger partial charge in [-0.15, -0.1) is 0 Å². The minimum atomic E-state index is 0.556. The van der Waals surface area contributed by atoms with Gasteiger partial charge in [-0.1, -0.05) is 55.1 Å². The van der Waals surface area contributed by atoms with Gasteiger partial charge in [0.25, 0.3) is 0 Å². The van der Waals surface area contributed by atoms with E-state index in [1.54, 1.807) is 6.08 Å². The number of hydrogen-bond acceptors (Lipinski definition) is 0. The van der Waals surface area contributed by atoms with E-state index in [-0.39, 0.29) is 0 Å². The second-order valence-corrected chi connectivity index (χ2v) is 2.65. The molecule has 1 aromatic carbocycles. The Hall–Kier alpha value is -1.01. The molecule has 0 nitrogen and oxygen atoms in total. The molecule has 0 radical (unpaired) electrons. The van der Waals surface area contributed by atoms with Gasteiger partial charge in [0.1, 0.15) is 0 Å². The summed E-state index contributed by atoms with van der Waals surface area (Å²) in [5, 5.41) is 0.556. The first-order valence-corrected chi connectivity index (χ1v) is 3.69. The van der Waals surface area contributed by atoms with Gasteiger partial charge in [0.05, 0.1) is 0 Å². The van der Waals surface area contributed by atoms with Crippen molar-refractivity contribution in [1.29, 1.82) is 0 Å². The van der Waals surface area contributed by atoms with E-state index in [0.29, 0.717) is 5.03 Å². The van der Waals surface area contributed by atoms with Crippen LogP contribution >= 0.6 is 11.6 Å². The molecule has 0 spiro atoms. The summed E-state index contributed by atoms with van der Waals surface area (Å²) in [6.45, 7) is 7.33. The quantitative estimate of drug-likeness (QED) is 0.627. The fourth-order valence-electron chi connectivity index (χ4n) is 0.922. The molecule has 0 saturated carbocycles. The fraction of sp³-hybridized carbons (Fsp3) is 0. The normalized spacial score (nSPS) is 9.18. The second kappa shape index (κ2) is 3.40. The average Bonchev–Trinajstić information content (AvgIpc) is 2.04. The summed E-state index contributed by atoms with van der Waals surface area (Å²) >= 11 is 5.74. The summed E-state index contributed by atoms with van der Waals surface area (Å²) in [4.78, 5) is 0. The first kappa shape index (κ1) is 8.09. The van der Waals surface area contributed by atoms with Gasteiger partial charge >= 0.3 is 0 Å². The first-order chi connectivity index (χ1) is 5.25. The summed E-state index contributed by atoms with van der Waals surface area (Å²) < 4.78 is 0. The third kappa shape index (κ3) is 1.72. The summed E-state index contributed by atoms with van der Waals surface area (Å²) in [5.74, 6) is 0. The van der Waals surface area contributed by atoms with Gasteiger partial charge in [-0.3, -0.25) is 0 Å². The summed E-state index contributed by atoms with van der Waals surface area (Å²) in [7, 11) is 0. The smallest absolute Gasteiger partial charge is 0.0412 e. The van der Waals surface area contributed by atoms with Crippen molar-refractivity contribution in [3.05, 3.63) is 48.6 Å². The monoisotopic (exact) mass is 164 g/mol. The second-order valence-electron chi connectivity index (χ2n) is 2.20. The van der Waals surface area contributed by atoms with Crippen LogP contribution < -0.4 is 0 Å². The lowest BCUT2D eigenvalue weighted by molar-refractivity contribution is 1.61. The number of benzene rings is 1. The lowest BCUT2D eigenvalue weighted by Crippen LogP contribution is -1.80. The van der Waals surface area contributed by atoms with Crippen LogP contribution in [0, 0.1) is 0 Å². The van der Waals surface area contributed by atoms with Crippen LogP contribution in [0.3, 0.4) is 0 Å². The van der Waals surface area contributed by atoms with Crippen molar-refractivity contribution in [2.24, 2.45) is 0 Å². The third-order valence-electron chi connectivity index (χ3n) is 1.47. The van der Waals surface area contributed by atoms with Gasteiger partial charge < -0.3 is 0 Å². The van der Waals surface area contributed by atoms with E-state index in [4.69, 9.17) is 11.6 Å². The molecule has 0 unspecified atom stereocenters. The first-order valence-electron chi connectivity index (χ1n) is 3.32. The van der Waals surface area contributed by atoms with E-state index in [0.717, 1.165) is 11.1 Å². The van der Waals surface area contributed by atoms with Gasteiger partial charge in [-0.05, 0) is 11.1 Å². The number of hydrogen-bond donors (Lipinski definition) is 0. The van der Waals surface area contributed by atoms with Gasteiger partial charge in [-0.25, -0.2) is 0 Å². The van der Waals surface area contributed by atoms with Crippen molar-refractivity contribution in [3.8, 4) is 0 Å². The minimum Gasteiger partial charge on any atom is -0.0984 e. The number of rotatable bonds is 2. The largest absolute Gasteiger partial charge is 0.0984 e. The Kier molecular flexibility index (Phi) is 2.50. The van der Waals surface area contributed by atoms with Gasteiger partial charge in [-0.2, -0.15) is 0 Å². The van der Waals surface area contributed by atoms with Crippen molar-refractivity contribution in [3.63, 3.8) is 0 Å². The Morgan fingerprint density at radius 1 is 1.36 bits per heavy atom. The molecule has 11 heavy (non-hydrogen) atoms. The van der Waals surface area contributed by atoms with Crippen LogP contribution in [0.15, 0.2) is 37.4 Å². The molecular weight excluding hydrogens is 156 g/mol. The van der Waals surface area contributed by atoms with Crippen LogP contribution in [-0.4, -0.2) is 0 Å². The van der Waals surface area contributed by atoms with Crippen LogP contribution in [0.1, 0.15) is 11.1 Å².